The highest BCUT2D eigenvalue weighted by Gasteiger charge is 2.37. The Balaban J connectivity index is 1.90. The number of carbonyl (C=O) groups is 2. The monoisotopic (exact) mass is 381 g/mol. The van der Waals surface area contributed by atoms with Crippen LogP contribution in [0.3, 0.4) is 0 Å². The summed E-state index contributed by atoms with van der Waals surface area (Å²) < 4.78 is 1.09. The molecule has 3 aromatic rings. The van der Waals surface area contributed by atoms with E-state index in [2.05, 4.69) is 15.8 Å². The predicted molar refractivity (Wildman–Crippen MR) is 108 cm³/mol. The average molecular weight is 382 g/mol. The third kappa shape index (κ3) is 4.17. The number of benzene rings is 2. The van der Waals surface area contributed by atoms with Gasteiger partial charge in [-0.15, -0.1) is 11.3 Å². The zero-order valence-corrected chi connectivity index (χ0v) is 16.5. The van der Waals surface area contributed by atoms with E-state index in [1.54, 1.807) is 25.2 Å². The number of amides is 2. The lowest BCUT2D eigenvalue weighted by molar-refractivity contribution is -0.133. The minimum Gasteiger partial charge on any atom is -0.273 e. The van der Waals surface area contributed by atoms with Crippen molar-refractivity contribution in [2.75, 3.05) is 0 Å². The Morgan fingerprint density at radius 2 is 1.70 bits per heavy atom. The molecule has 0 aliphatic carbocycles. The summed E-state index contributed by atoms with van der Waals surface area (Å²) in [7, 11) is 0. The van der Waals surface area contributed by atoms with Crippen molar-refractivity contribution >= 4 is 33.4 Å². The standard InChI is InChI=1S/C21H23N3O2S/c1-14(2)19(25)23-24-20(26)21(3,15-9-5-4-6-10-15)13-18-22-16-11-7-8-12-17(16)27-18/h4-12,14H,13H2,1-3H3,(H,23,25)(H,24,26)/t21-/m0/s1. The van der Waals surface area contributed by atoms with E-state index in [0.29, 0.717) is 6.42 Å². The molecule has 0 aliphatic rings. The molecule has 0 saturated carbocycles. The highest BCUT2D eigenvalue weighted by Crippen LogP contribution is 2.32. The van der Waals surface area contributed by atoms with Crippen LogP contribution >= 0.6 is 11.3 Å². The maximum Gasteiger partial charge on any atom is 0.249 e. The molecule has 0 saturated heterocycles. The number of nitrogens with one attached hydrogen (secondary N) is 2. The number of hydrazine groups is 1. The van der Waals surface area contributed by atoms with Gasteiger partial charge in [-0.3, -0.25) is 20.4 Å². The molecular formula is C21H23N3O2S. The van der Waals surface area contributed by atoms with Gasteiger partial charge >= 0.3 is 0 Å². The summed E-state index contributed by atoms with van der Waals surface area (Å²) in [6, 6.07) is 17.5. The average Bonchev–Trinajstić information content (AvgIpc) is 3.08. The Hall–Kier alpha value is -2.73. The molecule has 0 radical (unpaired) electrons. The maximum atomic E-state index is 13.1. The summed E-state index contributed by atoms with van der Waals surface area (Å²) in [5, 5.41) is 0.882. The number of nitrogens with zero attached hydrogens (tertiary/aromatic N) is 1. The molecule has 0 unspecified atom stereocenters. The van der Waals surface area contributed by atoms with Crippen molar-refractivity contribution in [2.45, 2.75) is 32.6 Å². The third-order valence-electron chi connectivity index (χ3n) is 4.58. The van der Waals surface area contributed by atoms with E-state index in [4.69, 9.17) is 0 Å². The van der Waals surface area contributed by atoms with Gasteiger partial charge < -0.3 is 0 Å². The van der Waals surface area contributed by atoms with Crippen molar-refractivity contribution in [1.82, 2.24) is 15.8 Å². The van der Waals surface area contributed by atoms with Crippen LogP contribution in [0.5, 0.6) is 0 Å². The molecule has 0 aliphatic heterocycles. The van der Waals surface area contributed by atoms with E-state index in [1.165, 1.54) is 0 Å². The predicted octanol–water partition coefficient (Wildman–Crippen LogP) is 3.60. The van der Waals surface area contributed by atoms with Gasteiger partial charge in [0.25, 0.3) is 0 Å². The third-order valence-corrected chi connectivity index (χ3v) is 5.62. The van der Waals surface area contributed by atoms with Crippen molar-refractivity contribution in [2.24, 2.45) is 5.92 Å². The highest BCUT2D eigenvalue weighted by atomic mass is 32.1. The molecule has 0 bridgehead atoms. The molecule has 0 fully saturated rings. The van der Waals surface area contributed by atoms with Crippen molar-refractivity contribution < 1.29 is 9.59 Å². The van der Waals surface area contributed by atoms with Gasteiger partial charge in [0.05, 0.1) is 20.6 Å². The Bertz CT molecular complexity index is 919. The van der Waals surface area contributed by atoms with E-state index >= 15 is 0 Å². The molecule has 6 heteroatoms. The summed E-state index contributed by atoms with van der Waals surface area (Å²) in [6.45, 7) is 5.43. The lowest BCUT2D eigenvalue weighted by Crippen LogP contribution is -2.52. The van der Waals surface area contributed by atoms with Crippen LogP contribution in [0.1, 0.15) is 31.3 Å². The first-order chi connectivity index (χ1) is 12.9. The van der Waals surface area contributed by atoms with Gasteiger partial charge in [0, 0.05) is 12.3 Å². The molecule has 1 aromatic heterocycles. The van der Waals surface area contributed by atoms with Crippen LogP contribution in [0, 0.1) is 5.92 Å². The molecule has 27 heavy (non-hydrogen) atoms. The largest absolute Gasteiger partial charge is 0.273 e. The second kappa shape index (κ2) is 7.88. The van der Waals surface area contributed by atoms with E-state index in [-0.39, 0.29) is 17.7 Å². The summed E-state index contributed by atoms with van der Waals surface area (Å²) >= 11 is 1.59. The van der Waals surface area contributed by atoms with Gasteiger partial charge in [-0.05, 0) is 24.6 Å². The van der Waals surface area contributed by atoms with Crippen LogP contribution in [0.15, 0.2) is 54.6 Å². The molecule has 2 amide bonds. The van der Waals surface area contributed by atoms with Crippen LogP contribution < -0.4 is 10.9 Å². The summed E-state index contributed by atoms with van der Waals surface area (Å²) in [5.74, 6) is -0.696. The first-order valence-electron chi connectivity index (χ1n) is 8.90. The Kier molecular flexibility index (Phi) is 5.56. The fourth-order valence-corrected chi connectivity index (χ4v) is 3.94. The SMILES string of the molecule is CC(C)C(=O)NNC(=O)[C@@](C)(Cc1nc2ccccc2s1)c1ccccc1. The van der Waals surface area contributed by atoms with Crippen molar-refractivity contribution in [1.29, 1.82) is 0 Å². The normalized spacial score (nSPS) is 13.3. The number of hydrogen-bond donors (Lipinski definition) is 2. The van der Waals surface area contributed by atoms with E-state index in [0.717, 1.165) is 20.8 Å². The highest BCUT2D eigenvalue weighted by molar-refractivity contribution is 7.18. The number of aromatic nitrogens is 1. The van der Waals surface area contributed by atoms with Crippen LogP contribution in [-0.4, -0.2) is 16.8 Å². The first-order valence-corrected chi connectivity index (χ1v) is 9.72. The number of carbonyl (C=O) groups excluding carboxylic acids is 2. The second-order valence-corrected chi connectivity index (χ2v) is 8.16. The quantitative estimate of drug-likeness (QED) is 0.664. The van der Waals surface area contributed by atoms with Gasteiger partial charge in [0.2, 0.25) is 11.8 Å². The lowest BCUT2D eigenvalue weighted by atomic mass is 9.79. The first kappa shape index (κ1) is 19.0. The zero-order chi connectivity index (χ0) is 19.4. The van der Waals surface area contributed by atoms with Gasteiger partial charge in [-0.25, -0.2) is 4.98 Å². The van der Waals surface area contributed by atoms with Gasteiger partial charge in [0.1, 0.15) is 0 Å². The number of thiazole rings is 1. The van der Waals surface area contributed by atoms with Crippen LogP contribution in [0.4, 0.5) is 0 Å². The van der Waals surface area contributed by atoms with E-state index < -0.39 is 5.41 Å². The fourth-order valence-electron chi connectivity index (χ4n) is 2.82. The summed E-state index contributed by atoms with van der Waals surface area (Å²) in [5.41, 5.74) is 6.06. The second-order valence-electron chi connectivity index (χ2n) is 7.05. The maximum absolute atomic E-state index is 13.1. The molecule has 1 atom stereocenters. The van der Waals surface area contributed by atoms with Crippen LogP contribution in [0.2, 0.25) is 0 Å². The zero-order valence-electron chi connectivity index (χ0n) is 15.7. The number of rotatable bonds is 5. The molecule has 2 N–H and O–H groups in total. The Morgan fingerprint density at radius 1 is 1.04 bits per heavy atom. The minimum absolute atomic E-state index is 0.211. The molecule has 2 aromatic carbocycles. The van der Waals surface area contributed by atoms with Gasteiger partial charge in [-0.1, -0.05) is 56.3 Å². The summed E-state index contributed by atoms with van der Waals surface area (Å²) in [4.78, 5) is 29.6. The van der Waals surface area contributed by atoms with Crippen molar-refractivity contribution in [3.05, 3.63) is 65.2 Å². The lowest BCUT2D eigenvalue weighted by Gasteiger charge is -2.28. The fraction of sp³-hybridized carbons (Fsp3) is 0.286. The van der Waals surface area contributed by atoms with E-state index in [1.807, 2.05) is 61.5 Å². The van der Waals surface area contributed by atoms with Gasteiger partial charge in [0.15, 0.2) is 0 Å². The minimum atomic E-state index is -0.862. The number of hydrogen-bond acceptors (Lipinski definition) is 4. The Labute approximate surface area is 162 Å². The molecule has 1 heterocycles. The molecule has 140 valence electrons. The molecule has 0 spiro atoms. The van der Waals surface area contributed by atoms with Crippen molar-refractivity contribution in [3.63, 3.8) is 0 Å². The van der Waals surface area contributed by atoms with Crippen molar-refractivity contribution in [3.8, 4) is 0 Å². The smallest absolute Gasteiger partial charge is 0.249 e. The summed E-state index contributed by atoms with van der Waals surface area (Å²) in [6.07, 6.45) is 0.444. The number of fused-ring (bicyclic) bond motifs is 1. The molecular weight excluding hydrogens is 358 g/mol. The Morgan fingerprint density at radius 3 is 2.37 bits per heavy atom. The van der Waals surface area contributed by atoms with E-state index in [9.17, 15) is 9.59 Å². The van der Waals surface area contributed by atoms with Gasteiger partial charge in [-0.2, -0.15) is 0 Å². The molecule has 5 nitrogen and oxygen atoms in total. The number of para-hydroxylation sites is 1. The molecule has 3 rings (SSSR count). The van der Waals surface area contributed by atoms with Crippen LogP contribution in [0.25, 0.3) is 10.2 Å². The topological polar surface area (TPSA) is 71.1 Å². The van der Waals surface area contributed by atoms with Crippen LogP contribution in [-0.2, 0) is 21.4 Å².